The summed E-state index contributed by atoms with van der Waals surface area (Å²) >= 11 is 1.44. The average Bonchev–Trinajstić information content (AvgIpc) is 3.40. The van der Waals surface area contributed by atoms with Gasteiger partial charge < -0.3 is 15.2 Å². The first kappa shape index (κ1) is 28.4. The number of nitrogens with zero attached hydrogens (tertiary/aromatic N) is 4. The largest absolute Gasteiger partial charge is 0.481 e. The minimum atomic E-state index is -3.78. The second-order valence-electron chi connectivity index (χ2n) is 10.0. The van der Waals surface area contributed by atoms with Gasteiger partial charge in [0.15, 0.2) is 0 Å². The summed E-state index contributed by atoms with van der Waals surface area (Å²) in [6.45, 7) is 5.12. The molecule has 1 aliphatic heterocycles. The van der Waals surface area contributed by atoms with Gasteiger partial charge in [-0.3, -0.25) is 9.69 Å². The molecular formula is C28H28N6O5S2. The van der Waals surface area contributed by atoms with Crippen LogP contribution in [0.2, 0.25) is 0 Å². The minimum Gasteiger partial charge on any atom is -0.481 e. The maximum absolute atomic E-state index is 12.3. The first-order valence-corrected chi connectivity index (χ1v) is 15.2. The van der Waals surface area contributed by atoms with Gasteiger partial charge in [-0.2, -0.15) is 10.2 Å². The number of likely N-dealkylation sites (tertiary alicyclic amines) is 1. The molecule has 0 radical (unpaired) electrons. The molecule has 2 unspecified atom stereocenters. The molecule has 0 amide bonds. The van der Waals surface area contributed by atoms with Crippen LogP contribution in [0.1, 0.15) is 28.7 Å². The van der Waals surface area contributed by atoms with Crippen LogP contribution in [0.25, 0.3) is 10.2 Å². The normalized spacial score (nSPS) is 17.7. The van der Waals surface area contributed by atoms with Crippen LogP contribution in [0, 0.1) is 31.1 Å². The maximum atomic E-state index is 12.3. The van der Waals surface area contributed by atoms with Crippen LogP contribution in [0.5, 0.6) is 11.6 Å². The van der Waals surface area contributed by atoms with Crippen LogP contribution in [0.15, 0.2) is 52.7 Å². The number of carboxylic acids is 1. The molecule has 2 atom stereocenters. The molecule has 0 aliphatic carbocycles. The molecule has 4 aromatic rings. The number of anilines is 1. The first-order chi connectivity index (χ1) is 19.5. The van der Waals surface area contributed by atoms with E-state index >= 15 is 0 Å². The maximum Gasteiger partial charge on any atom is 0.309 e. The Morgan fingerprint density at radius 2 is 1.93 bits per heavy atom. The number of fused-ring (bicyclic) bond motifs is 1. The van der Waals surface area contributed by atoms with E-state index in [4.69, 9.17) is 9.88 Å². The van der Waals surface area contributed by atoms with E-state index in [-0.39, 0.29) is 17.4 Å². The molecule has 2 aromatic carbocycles. The van der Waals surface area contributed by atoms with Crippen molar-refractivity contribution in [2.24, 2.45) is 11.1 Å². The number of benzene rings is 2. The van der Waals surface area contributed by atoms with E-state index in [1.54, 1.807) is 24.3 Å². The lowest BCUT2D eigenvalue weighted by Gasteiger charge is -2.36. The second-order valence-corrected chi connectivity index (χ2v) is 12.5. The van der Waals surface area contributed by atoms with Gasteiger partial charge in [0.05, 0.1) is 28.0 Å². The van der Waals surface area contributed by atoms with Crippen molar-refractivity contribution >= 4 is 43.5 Å². The zero-order chi connectivity index (χ0) is 29.3. The molecule has 2 aromatic heterocycles. The van der Waals surface area contributed by atoms with Crippen molar-refractivity contribution in [1.29, 1.82) is 5.26 Å². The Bertz CT molecular complexity index is 1740. The van der Waals surface area contributed by atoms with E-state index in [9.17, 15) is 23.6 Å². The highest BCUT2D eigenvalue weighted by molar-refractivity contribution is 7.89. The fraction of sp³-hybridized carbons (Fsp3) is 0.286. The number of nitrogens with one attached hydrogen (secondary N) is 1. The lowest BCUT2D eigenvalue weighted by molar-refractivity contribution is -0.144. The number of piperidine rings is 1. The summed E-state index contributed by atoms with van der Waals surface area (Å²) in [5.74, 6) is -0.429. The molecule has 1 saturated heterocycles. The van der Waals surface area contributed by atoms with Crippen molar-refractivity contribution in [2.45, 2.75) is 37.8 Å². The third-order valence-corrected chi connectivity index (χ3v) is 8.87. The highest BCUT2D eigenvalue weighted by atomic mass is 32.2. The third-order valence-electron chi connectivity index (χ3n) is 7.05. The lowest BCUT2D eigenvalue weighted by atomic mass is 9.92. The molecular weight excluding hydrogens is 564 g/mol. The smallest absolute Gasteiger partial charge is 0.309 e. The van der Waals surface area contributed by atoms with E-state index in [2.05, 4.69) is 21.4 Å². The topological polar surface area (TPSA) is 172 Å². The van der Waals surface area contributed by atoms with Gasteiger partial charge in [-0.05, 0) is 72.7 Å². The number of hydrogen-bond acceptors (Lipinski definition) is 10. The van der Waals surface area contributed by atoms with E-state index in [1.165, 1.54) is 23.5 Å². The Balaban J connectivity index is 1.34. The predicted molar refractivity (Wildman–Crippen MR) is 154 cm³/mol. The van der Waals surface area contributed by atoms with Crippen molar-refractivity contribution in [3.8, 4) is 17.7 Å². The number of thiophene rings is 1. The Hall–Kier alpha value is -4.09. The minimum absolute atomic E-state index is 0.0306. The van der Waals surface area contributed by atoms with Gasteiger partial charge in [-0.15, -0.1) is 11.3 Å². The first-order valence-electron chi connectivity index (χ1n) is 12.8. The monoisotopic (exact) mass is 592 g/mol. The van der Waals surface area contributed by atoms with Crippen molar-refractivity contribution in [3.63, 3.8) is 0 Å². The lowest BCUT2D eigenvalue weighted by Crippen LogP contribution is -2.49. The molecule has 0 spiro atoms. The zero-order valence-electron chi connectivity index (χ0n) is 22.4. The second kappa shape index (κ2) is 11.4. The summed E-state index contributed by atoms with van der Waals surface area (Å²) in [4.78, 5) is 23.6. The summed E-state index contributed by atoms with van der Waals surface area (Å²) in [5, 5.41) is 29.6. The van der Waals surface area contributed by atoms with E-state index in [0.717, 1.165) is 21.4 Å². The summed E-state index contributed by atoms with van der Waals surface area (Å²) < 4.78 is 30.1. The van der Waals surface area contributed by atoms with Gasteiger partial charge in [0.25, 0.3) is 0 Å². The van der Waals surface area contributed by atoms with Gasteiger partial charge in [0, 0.05) is 25.7 Å². The van der Waals surface area contributed by atoms with Crippen LogP contribution in [0.3, 0.4) is 0 Å². The van der Waals surface area contributed by atoms with Crippen molar-refractivity contribution in [2.75, 3.05) is 18.4 Å². The Labute approximate surface area is 241 Å². The van der Waals surface area contributed by atoms with E-state index in [0.29, 0.717) is 42.2 Å². The predicted octanol–water partition coefficient (Wildman–Crippen LogP) is 4.01. The number of hydrogen-bond donors (Lipinski definition) is 3. The van der Waals surface area contributed by atoms with Gasteiger partial charge in [-0.25, -0.2) is 18.5 Å². The standard InChI is InChI=1S/C28H28N6O5S2/c1-16-11-19(13-29)12-17(2)24(16)39-26-25-23(8-10-40-25)32-28(33-26)31-22-7-9-34(15-21(22)27(35)36)14-18-3-5-20(6-4-18)41(30,37)38/h3-6,8,10-12,21-22H,7,9,14-15H2,1-2H3,(H,35,36)(H2,30,37,38)(H,31,32,33). The van der Waals surface area contributed by atoms with Crippen LogP contribution >= 0.6 is 11.3 Å². The summed E-state index contributed by atoms with van der Waals surface area (Å²) in [6.07, 6.45) is 0.529. The van der Waals surface area contributed by atoms with E-state index < -0.39 is 28.0 Å². The van der Waals surface area contributed by atoms with Crippen LogP contribution < -0.4 is 15.2 Å². The van der Waals surface area contributed by atoms with Crippen molar-refractivity contribution < 1.29 is 23.1 Å². The fourth-order valence-electron chi connectivity index (χ4n) is 5.04. The number of nitriles is 1. The molecule has 0 saturated carbocycles. The van der Waals surface area contributed by atoms with Gasteiger partial charge in [-0.1, -0.05) is 12.1 Å². The molecule has 41 heavy (non-hydrogen) atoms. The molecule has 1 fully saturated rings. The molecule has 11 nitrogen and oxygen atoms in total. The number of carboxylic acid groups (broad SMARTS) is 1. The molecule has 4 N–H and O–H groups in total. The van der Waals surface area contributed by atoms with Crippen LogP contribution in [0.4, 0.5) is 5.95 Å². The quantitative estimate of drug-likeness (QED) is 0.271. The Morgan fingerprint density at radius 3 is 2.56 bits per heavy atom. The molecule has 0 bridgehead atoms. The van der Waals surface area contributed by atoms with Gasteiger partial charge in [0.2, 0.25) is 21.9 Å². The number of nitrogens with two attached hydrogens (primary N) is 1. The number of primary sulfonamides is 1. The summed E-state index contributed by atoms with van der Waals surface area (Å²) in [5.41, 5.74) is 3.69. The molecule has 212 valence electrons. The van der Waals surface area contributed by atoms with Gasteiger partial charge in [0.1, 0.15) is 10.4 Å². The molecule has 5 rings (SSSR count). The Morgan fingerprint density at radius 1 is 1.22 bits per heavy atom. The number of rotatable bonds is 8. The number of sulfonamides is 1. The molecule has 13 heteroatoms. The highest BCUT2D eigenvalue weighted by Crippen LogP contribution is 2.36. The summed E-state index contributed by atoms with van der Waals surface area (Å²) in [6, 6.07) is 13.4. The SMILES string of the molecule is Cc1cc(C#N)cc(C)c1Oc1nc(NC2CCN(Cc3ccc(S(N)(=O)=O)cc3)CC2C(=O)O)nc2ccsc12. The van der Waals surface area contributed by atoms with Crippen molar-refractivity contribution in [1.82, 2.24) is 14.9 Å². The fourth-order valence-corrected chi connectivity index (χ4v) is 6.31. The van der Waals surface area contributed by atoms with E-state index in [1.807, 2.05) is 30.2 Å². The number of aryl methyl sites for hydroxylation is 2. The Kier molecular flexibility index (Phi) is 7.92. The summed E-state index contributed by atoms with van der Waals surface area (Å²) in [7, 11) is -3.78. The molecule has 3 heterocycles. The third kappa shape index (κ3) is 6.31. The number of ether oxygens (including phenoxy) is 1. The molecule has 1 aliphatic rings. The van der Waals surface area contributed by atoms with Gasteiger partial charge >= 0.3 is 5.97 Å². The number of aliphatic carboxylic acids is 1. The highest BCUT2D eigenvalue weighted by Gasteiger charge is 2.35. The van der Waals surface area contributed by atoms with Crippen molar-refractivity contribution in [3.05, 3.63) is 70.1 Å². The van der Waals surface area contributed by atoms with Crippen LogP contribution in [-0.4, -0.2) is 53.5 Å². The number of carbonyl (C=O) groups is 1. The number of aromatic nitrogens is 2. The van der Waals surface area contributed by atoms with Crippen LogP contribution in [-0.2, 0) is 21.4 Å². The zero-order valence-corrected chi connectivity index (χ0v) is 24.0. The average molecular weight is 593 g/mol.